The molecule has 25 heavy (non-hydrogen) atoms. The van der Waals surface area contributed by atoms with Crippen LogP contribution in [-0.2, 0) is 16.4 Å². The Kier molecular flexibility index (Phi) is 7.73. The number of hydrogen-bond acceptors (Lipinski definition) is 4. The van der Waals surface area contributed by atoms with E-state index in [0.717, 1.165) is 17.9 Å². The first-order valence-corrected chi connectivity index (χ1v) is 10.1. The van der Waals surface area contributed by atoms with Gasteiger partial charge in [-0.25, -0.2) is 8.42 Å². The lowest BCUT2D eigenvalue weighted by Gasteiger charge is -2.23. The van der Waals surface area contributed by atoms with E-state index in [1.165, 1.54) is 0 Å². The summed E-state index contributed by atoms with van der Waals surface area (Å²) in [5.41, 5.74) is 1.12. The molecule has 0 saturated heterocycles. The summed E-state index contributed by atoms with van der Waals surface area (Å²) in [4.78, 5) is 6.45. The van der Waals surface area contributed by atoms with Crippen LogP contribution in [0.2, 0.25) is 0 Å². The highest BCUT2D eigenvalue weighted by atomic mass is 32.2. The van der Waals surface area contributed by atoms with E-state index in [1.807, 2.05) is 43.1 Å². The fraction of sp³-hybridized carbons (Fsp3) is 0.611. The highest BCUT2D eigenvalue weighted by Gasteiger charge is 2.28. The summed E-state index contributed by atoms with van der Waals surface area (Å²) in [6.45, 7) is 8.77. The molecule has 0 atom stereocenters. The van der Waals surface area contributed by atoms with E-state index in [1.54, 1.807) is 27.9 Å². The Labute approximate surface area is 152 Å². The van der Waals surface area contributed by atoms with Crippen molar-refractivity contribution >= 4 is 15.8 Å². The zero-order chi connectivity index (χ0) is 19.1. The zero-order valence-corrected chi connectivity index (χ0v) is 17.0. The van der Waals surface area contributed by atoms with Gasteiger partial charge in [0.1, 0.15) is 5.75 Å². The molecule has 1 aromatic carbocycles. The molecular weight excluding hydrogens is 338 g/mol. The SMILES string of the molecule is CCNC(=NCCS(=O)(=O)C(C)(C)C)N(C)Cc1ccc(OC)cc1. The van der Waals surface area contributed by atoms with Gasteiger partial charge in [0, 0.05) is 20.1 Å². The number of benzene rings is 1. The Morgan fingerprint density at radius 2 is 1.84 bits per heavy atom. The highest BCUT2D eigenvalue weighted by Crippen LogP contribution is 2.16. The van der Waals surface area contributed by atoms with Crippen molar-refractivity contribution in [3.63, 3.8) is 0 Å². The quantitative estimate of drug-likeness (QED) is 0.590. The van der Waals surface area contributed by atoms with Crippen LogP contribution in [0.25, 0.3) is 0 Å². The molecule has 0 unspecified atom stereocenters. The number of rotatable bonds is 7. The van der Waals surface area contributed by atoms with Gasteiger partial charge in [-0.2, -0.15) is 0 Å². The molecule has 1 N–H and O–H groups in total. The van der Waals surface area contributed by atoms with Crippen LogP contribution in [0.1, 0.15) is 33.3 Å². The number of ether oxygens (including phenoxy) is 1. The molecule has 1 rings (SSSR count). The third-order valence-electron chi connectivity index (χ3n) is 3.83. The fourth-order valence-electron chi connectivity index (χ4n) is 2.13. The number of hydrogen-bond donors (Lipinski definition) is 1. The number of nitrogens with one attached hydrogen (secondary N) is 1. The van der Waals surface area contributed by atoms with Gasteiger partial charge in [-0.05, 0) is 45.4 Å². The van der Waals surface area contributed by atoms with Gasteiger partial charge in [-0.15, -0.1) is 0 Å². The fourth-order valence-corrected chi connectivity index (χ4v) is 3.07. The van der Waals surface area contributed by atoms with Crippen LogP contribution in [0.3, 0.4) is 0 Å². The minimum Gasteiger partial charge on any atom is -0.497 e. The molecule has 6 nitrogen and oxygen atoms in total. The summed E-state index contributed by atoms with van der Waals surface area (Å²) in [5, 5.41) is 3.21. The minimum absolute atomic E-state index is 0.0434. The van der Waals surface area contributed by atoms with E-state index in [4.69, 9.17) is 4.74 Å². The molecule has 0 heterocycles. The normalized spacial score (nSPS) is 12.8. The van der Waals surface area contributed by atoms with Gasteiger partial charge in [0.2, 0.25) is 0 Å². The van der Waals surface area contributed by atoms with Crippen molar-refractivity contribution in [2.24, 2.45) is 4.99 Å². The maximum Gasteiger partial charge on any atom is 0.193 e. The molecule has 1 aromatic rings. The van der Waals surface area contributed by atoms with Gasteiger partial charge in [0.15, 0.2) is 15.8 Å². The zero-order valence-electron chi connectivity index (χ0n) is 16.2. The molecule has 0 radical (unpaired) electrons. The predicted molar refractivity (Wildman–Crippen MR) is 104 cm³/mol. The second-order valence-corrected chi connectivity index (χ2v) is 9.73. The standard InChI is InChI=1S/C18H31N3O3S/c1-7-19-17(20-12-13-25(22,23)18(2,3)4)21(5)14-15-8-10-16(24-6)11-9-15/h8-11H,7,12-14H2,1-6H3,(H,19,20). The average molecular weight is 370 g/mol. The van der Waals surface area contributed by atoms with Crippen LogP contribution in [0, 0.1) is 0 Å². The van der Waals surface area contributed by atoms with Crippen LogP contribution in [0.4, 0.5) is 0 Å². The molecule has 0 aliphatic carbocycles. The van der Waals surface area contributed by atoms with Gasteiger partial charge in [0.25, 0.3) is 0 Å². The molecule has 0 aromatic heterocycles. The topological polar surface area (TPSA) is 71.0 Å². The Balaban J connectivity index is 2.76. The van der Waals surface area contributed by atoms with Crippen LogP contribution >= 0.6 is 0 Å². The molecule has 142 valence electrons. The maximum absolute atomic E-state index is 12.2. The Hall–Kier alpha value is -1.76. The highest BCUT2D eigenvalue weighted by molar-refractivity contribution is 7.92. The molecule has 0 amide bonds. The lowest BCUT2D eigenvalue weighted by molar-refractivity contribution is 0.414. The summed E-state index contributed by atoms with van der Waals surface area (Å²) < 4.78 is 28.8. The van der Waals surface area contributed by atoms with Crippen molar-refractivity contribution in [2.45, 2.75) is 39.0 Å². The molecule has 7 heteroatoms. The van der Waals surface area contributed by atoms with Crippen LogP contribution in [0.15, 0.2) is 29.3 Å². The lowest BCUT2D eigenvalue weighted by Crippen LogP contribution is -2.39. The minimum atomic E-state index is -3.17. The van der Waals surface area contributed by atoms with Crippen LogP contribution in [-0.4, -0.2) is 57.0 Å². The maximum atomic E-state index is 12.2. The number of sulfone groups is 1. The van der Waals surface area contributed by atoms with Crippen LogP contribution in [0.5, 0.6) is 5.75 Å². The molecule has 0 aliphatic heterocycles. The molecular formula is C18H31N3O3S. The van der Waals surface area contributed by atoms with Crippen molar-refractivity contribution in [3.8, 4) is 5.75 Å². The van der Waals surface area contributed by atoms with Crippen molar-refractivity contribution in [1.29, 1.82) is 0 Å². The first-order chi connectivity index (χ1) is 11.6. The Morgan fingerprint density at radius 3 is 2.32 bits per heavy atom. The van der Waals surface area contributed by atoms with E-state index < -0.39 is 14.6 Å². The Bertz CT molecular complexity index is 662. The molecule has 0 aliphatic rings. The van der Waals surface area contributed by atoms with Crippen molar-refractivity contribution in [1.82, 2.24) is 10.2 Å². The summed E-state index contributed by atoms with van der Waals surface area (Å²) >= 11 is 0. The molecule has 0 saturated carbocycles. The lowest BCUT2D eigenvalue weighted by atomic mass is 10.2. The number of aliphatic imine (C=N–C) groups is 1. The number of nitrogens with zero attached hydrogens (tertiary/aromatic N) is 2. The Morgan fingerprint density at radius 1 is 1.24 bits per heavy atom. The molecule has 0 fully saturated rings. The van der Waals surface area contributed by atoms with E-state index in [-0.39, 0.29) is 12.3 Å². The van der Waals surface area contributed by atoms with Gasteiger partial charge in [-0.1, -0.05) is 12.1 Å². The monoisotopic (exact) mass is 369 g/mol. The largest absolute Gasteiger partial charge is 0.497 e. The van der Waals surface area contributed by atoms with Gasteiger partial charge in [-0.3, -0.25) is 4.99 Å². The smallest absolute Gasteiger partial charge is 0.193 e. The van der Waals surface area contributed by atoms with Crippen molar-refractivity contribution in [3.05, 3.63) is 29.8 Å². The van der Waals surface area contributed by atoms with Crippen molar-refractivity contribution < 1.29 is 13.2 Å². The molecule has 0 bridgehead atoms. The number of methoxy groups -OCH3 is 1. The first-order valence-electron chi connectivity index (χ1n) is 8.45. The summed E-state index contributed by atoms with van der Waals surface area (Å²) in [5.74, 6) is 1.56. The van der Waals surface area contributed by atoms with Gasteiger partial charge < -0.3 is 15.0 Å². The van der Waals surface area contributed by atoms with E-state index >= 15 is 0 Å². The first kappa shape index (κ1) is 21.3. The van der Waals surface area contributed by atoms with Crippen LogP contribution < -0.4 is 10.1 Å². The second-order valence-electron chi connectivity index (χ2n) is 6.87. The van der Waals surface area contributed by atoms with E-state index in [9.17, 15) is 8.42 Å². The summed E-state index contributed by atoms with van der Waals surface area (Å²) in [7, 11) is 0.408. The second kappa shape index (κ2) is 9.08. The third-order valence-corrected chi connectivity index (χ3v) is 6.42. The number of guanidine groups is 1. The van der Waals surface area contributed by atoms with Gasteiger partial charge in [0.05, 0.1) is 24.2 Å². The summed E-state index contributed by atoms with van der Waals surface area (Å²) in [6.07, 6.45) is 0. The molecule has 0 spiro atoms. The van der Waals surface area contributed by atoms with E-state index in [2.05, 4.69) is 10.3 Å². The third kappa shape index (κ3) is 6.57. The average Bonchev–Trinajstić information content (AvgIpc) is 2.53. The summed E-state index contributed by atoms with van der Waals surface area (Å²) in [6, 6.07) is 7.85. The van der Waals surface area contributed by atoms with E-state index in [0.29, 0.717) is 12.5 Å². The van der Waals surface area contributed by atoms with Gasteiger partial charge >= 0.3 is 0 Å². The van der Waals surface area contributed by atoms with Crippen molar-refractivity contribution in [2.75, 3.05) is 33.0 Å². The predicted octanol–water partition coefficient (Wildman–Crippen LogP) is 2.31.